The molecule has 1 aliphatic heterocycles. The minimum atomic E-state index is -0.354. The highest BCUT2D eigenvalue weighted by molar-refractivity contribution is 5.68. The molecule has 0 spiro atoms. The van der Waals surface area contributed by atoms with Crippen molar-refractivity contribution < 1.29 is 14.6 Å². The summed E-state index contributed by atoms with van der Waals surface area (Å²) in [4.78, 5) is 12.9. The number of hydrogen-bond acceptors (Lipinski definition) is 3. The first-order chi connectivity index (χ1) is 5.99. The Hall–Kier alpha value is -0.770. The summed E-state index contributed by atoms with van der Waals surface area (Å²) < 4.78 is 5.13. The van der Waals surface area contributed by atoms with E-state index in [1.165, 1.54) is 0 Å². The Morgan fingerprint density at radius 2 is 1.77 bits per heavy atom. The van der Waals surface area contributed by atoms with Crippen LogP contribution >= 0.6 is 0 Å². The zero-order chi connectivity index (χ0) is 10.5. The van der Waals surface area contributed by atoms with E-state index in [0.717, 1.165) is 26.6 Å². The second-order valence-electron chi connectivity index (χ2n) is 3.82. The molecule has 78 valence electrons. The average molecular weight is 189 g/mol. The zero-order valence-electron chi connectivity index (χ0n) is 8.83. The predicted molar refractivity (Wildman–Crippen MR) is 50.6 cm³/mol. The lowest BCUT2D eigenvalue weighted by atomic mass is 10.2. The fraction of sp³-hybridized carbons (Fsp3) is 0.889. The first kappa shape index (κ1) is 12.2. The molecule has 0 unspecified atom stereocenters. The molecule has 1 N–H and O–H groups in total. The highest BCUT2D eigenvalue weighted by Crippen LogP contribution is 2.13. The van der Waals surface area contributed by atoms with Gasteiger partial charge < -0.3 is 14.7 Å². The Morgan fingerprint density at radius 3 is 2.00 bits per heavy atom. The molecule has 1 aliphatic rings. The molecule has 4 heteroatoms. The maximum Gasteiger partial charge on any atom is 0.410 e. The summed E-state index contributed by atoms with van der Waals surface area (Å²) >= 11 is 0. The summed E-state index contributed by atoms with van der Waals surface area (Å²) in [7, 11) is 1.00. The van der Waals surface area contributed by atoms with Crippen molar-refractivity contribution in [1.29, 1.82) is 0 Å². The number of likely N-dealkylation sites (tertiary alicyclic amines) is 1. The molecule has 1 fully saturated rings. The summed E-state index contributed by atoms with van der Waals surface area (Å²) in [6.45, 7) is 7.35. The highest BCUT2D eigenvalue weighted by atomic mass is 16.6. The molecular formula is C9H19NO3. The van der Waals surface area contributed by atoms with Crippen molar-refractivity contribution in [3.8, 4) is 0 Å². The van der Waals surface area contributed by atoms with E-state index < -0.39 is 0 Å². The minimum Gasteiger partial charge on any atom is -0.444 e. The molecule has 4 nitrogen and oxygen atoms in total. The number of ether oxygens (including phenoxy) is 1. The SMILES string of the molecule is CC(C)(C)OC(=O)N1CCC1.CO. The molecule has 0 aromatic heterocycles. The van der Waals surface area contributed by atoms with Gasteiger partial charge >= 0.3 is 6.09 Å². The van der Waals surface area contributed by atoms with Gasteiger partial charge in [0.2, 0.25) is 0 Å². The molecule has 0 radical (unpaired) electrons. The number of aliphatic hydroxyl groups is 1. The predicted octanol–water partition coefficient (Wildman–Crippen LogP) is 1.24. The number of carbonyl (C=O) groups is 1. The van der Waals surface area contributed by atoms with Crippen LogP contribution in [0.25, 0.3) is 0 Å². The summed E-state index contributed by atoms with van der Waals surface area (Å²) in [6.07, 6.45) is 0.933. The van der Waals surface area contributed by atoms with E-state index in [1.807, 2.05) is 20.8 Å². The van der Waals surface area contributed by atoms with Crippen molar-refractivity contribution in [2.45, 2.75) is 32.8 Å². The van der Waals surface area contributed by atoms with Crippen LogP contribution in [0.15, 0.2) is 0 Å². The third-order valence-electron chi connectivity index (χ3n) is 1.51. The van der Waals surface area contributed by atoms with Crippen molar-refractivity contribution >= 4 is 6.09 Å². The van der Waals surface area contributed by atoms with Gasteiger partial charge in [0.05, 0.1) is 0 Å². The van der Waals surface area contributed by atoms with E-state index in [0.29, 0.717) is 0 Å². The quantitative estimate of drug-likeness (QED) is 0.623. The van der Waals surface area contributed by atoms with Crippen LogP contribution in [0.5, 0.6) is 0 Å². The Balaban J connectivity index is 0.000000671. The van der Waals surface area contributed by atoms with Gasteiger partial charge in [-0.15, -0.1) is 0 Å². The second-order valence-corrected chi connectivity index (χ2v) is 3.82. The standard InChI is InChI=1S/C8H15NO2.CH4O/c1-8(2,3)11-7(10)9-5-4-6-9;1-2/h4-6H2,1-3H3;2H,1H3. The third kappa shape index (κ3) is 4.72. The van der Waals surface area contributed by atoms with Gasteiger partial charge in [-0.25, -0.2) is 4.79 Å². The first-order valence-corrected chi connectivity index (χ1v) is 4.42. The fourth-order valence-electron chi connectivity index (χ4n) is 0.825. The smallest absolute Gasteiger partial charge is 0.410 e. The third-order valence-corrected chi connectivity index (χ3v) is 1.51. The Bertz CT molecular complexity index is 159. The molecule has 1 saturated heterocycles. The van der Waals surface area contributed by atoms with E-state index in [9.17, 15) is 4.79 Å². The van der Waals surface area contributed by atoms with Crippen LogP contribution in [0.4, 0.5) is 4.79 Å². The van der Waals surface area contributed by atoms with E-state index in [-0.39, 0.29) is 11.7 Å². The Labute approximate surface area is 79.5 Å². The van der Waals surface area contributed by atoms with Crippen molar-refractivity contribution in [1.82, 2.24) is 4.90 Å². The minimum absolute atomic E-state index is 0.177. The molecule has 1 rings (SSSR count). The molecule has 0 saturated carbocycles. The van der Waals surface area contributed by atoms with Crippen LogP contribution in [0.3, 0.4) is 0 Å². The second kappa shape index (κ2) is 5.07. The molecule has 13 heavy (non-hydrogen) atoms. The van der Waals surface area contributed by atoms with Gasteiger partial charge in [0.1, 0.15) is 5.60 Å². The first-order valence-electron chi connectivity index (χ1n) is 4.42. The lowest BCUT2D eigenvalue weighted by Gasteiger charge is -2.32. The van der Waals surface area contributed by atoms with Gasteiger partial charge in [0.25, 0.3) is 0 Å². The number of rotatable bonds is 0. The van der Waals surface area contributed by atoms with Gasteiger partial charge in [-0.1, -0.05) is 0 Å². The van der Waals surface area contributed by atoms with Crippen LogP contribution in [-0.2, 0) is 4.74 Å². The van der Waals surface area contributed by atoms with Crippen LogP contribution in [0.1, 0.15) is 27.2 Å². The molecule has 0 atom stereocenters. The zero-order valence-corrected chi connectivity index (χ0v) is 8.83. The largest absolute Gasteiger partial charge is 0.444 e. The number of aliphatic hydroxyl groups excluding tert-OH is 1. The van der Waals surface area contributed by atoms with E-state index in [2.05, 4.69) is 0 Å². The average Bonchev–Trinajstić information content (AvgIpc) is 1.83. The lowest BCUT2D eigenvalue weighted by Crippen LogP contribution is -2.44. The van der Waals surface area contributed by atoms with Crippen LogP contribution < -0.4 is 0 Å². The topological polar surface area (TPSA) is 49.8 Å². The Morgan fingerprint density at radius 1 is 1.31 bits per heavy atom. The molecule has 0 aromatic carbocycles. The highest BCUT2D eigenvalue weighted by Gasteiger charge is 2.25. The number of amides is 1. The molecule has 1 amide bonds. The molecule has 0 bridgehead atoms. The van der Waals surface area contributed by atoms with Gasteiger partial charge in [-0.2, -0.15) is 0 Å². The Kier molecular flexibility index (Phi) is 4.77. The van der Waals surface area contributed by atoms with Crippen LogP contribution in [-0.4, -0.2) is 41.9 Å². The molecule has 0 aromatic rings. The van der Waals surface area contributed by atoms with Crippen molar-refractivity contribution in [2.75, 3.05) is 20.2 Å². The van der Waals surface area contributed by atoms with Crippen LogP contribution in [0, 0.1) is 0 Å². The van der Waals surface area contributed by atoms with Gasteiger partial charge in [-0.05, 0) is 27.2 Å². The maximum atomic E-state index is 11.1. The summed E-state index contributed by atoms with van der Waals surface area (Å²) in [5, 5.41) is 7.00. The van der Waals surface area contributed by atoms with E-state index >= 15 is 0 Å². The van der Waals surface area contributed by atoms with E-state index in [4.69, 9.17) is 9.84 Å². The van der Waals surface area contributed by atoms with Crippen molar-refractivity contribution in [3.05, 3.63) is 0 Å². The van der Waals surface area contributed by atoms with Crippen molar-refractivity contribution in [3.63, 3.8) is 0 Å². The van der Waals surface area contributed by atoms with Gasteiger partial charge in [-0.3, -0.25) is 0 Å². The molecule has 1 heterocycles. The summed E-state index contributed by atoms with van der Waals surface area (Å²) in [6, 6.07) is 0. The molecular weight excluding hydrogens is 170 g/mol. The molecule has 0 aliphatic carbocycles. The summed E-state index contributed by atoms with van der Waals surface area (Å²) in [5.41, 5.74) is -0.354. The maximum absolute atomic E-state index is 11.1. The van der Waals surface area contributed by atoms with Crippen molar-refractivity contribution in [2.24, 2.45) is 0 Å². The summed E-state index contributed by atoms with van der Waals surface area (Å²) in [5.74, 6) is 0. The monoisotopic (exact) mass is 189 g/mol. The lowest BCUT2D eigenvalue weighted by molar-refractivity contribution is 0.0131. The number of carbonyl (C=O) groups excluding carboxylic acids is 1. The number of nitrogens with zero attached hydrogens (tertiary/aromatic N) is 1. The van der Waals surface area contributed by atoms with E-state index in [1.54, 1.807) is 4.90 Å². The fourth-order valence-corrected chi connectivity index (χ4v) is 0.825. The van der Waals surface area contributed by atoms with Crippen LogP contribution in [0.2, 0.25) is 0 Å². The van der Waals surface area contributed by atoms with Gasteiger partial charge in [0, 0.05) is 20.2 Å². The number of hydrogen-bond donors (Lipinski definition) is 1. The normalized spacial score (nSPS) is 15.3. The van der Waals surface area contributed by atoms with Gasteiger partial charge in [0.15, 0.2) is 0 Å².